The molecule has 0 bridgehead atoms. The fourth-order valence-corrected chi connectivity index (χ4v) is 4.93. The molecule has 1 fully saturated rings. The highest BCUT2D eigenvalue weighted by Gasteiger charge is 2.30. The smallest absolute Gasteiger partial charge is 0.228 e. The molecule has 0 spiro atoms. The van der Waals surface area contributed by atoms with E-state index in [1.807, 2.05) is 17.0 Å². The van der Waals surface area contributed by atoms with Crippen LogP contribution < -0.4 is 4.90 Å². The van der Waals surface area contributed by atoms with E-state index in [9.17, 15) is 4.79 Å². The van der Waals surface area contributed by atoms with E-state index in [0.29, 0.717) is 19.6 Å². The number of aromatic nitrogens is 2. The van der Waals surface area contributed by atoms with Gasteiger partial charge in [-0.3, -0.25) is 9.78 Å². The maximum Gasteiger partial charge on any atom is 0.228 e. The fourth-order valence-electron chi connectivity index (χ4n) is 3.49. The molecule has 7 heteroatoms. The number of carbonyl (C=O) groups excluding carboxylic acids is 1. The zero-order valence-corrected chi connectivity index (χ0v) is 16.7. The largest absolute Gasteiger partial charge is 0.355 e. The lowest BCUT2D eigenvalue weighted by atomic mass is 9.96. The first-order valence-corrected chi connectivity index (χ1v) is 10.9. The summed E-state index contributed by atoms with van der Waals surface area (Å²) in [5, 5.41) is 4.14. The topological polar surface area (TPSA) is 49.3 Å². The summed E-state index contributed by atoms with van der Waals surface area (Å²) >= 11 is 3.41. The van der Waals surface area contributed by atoms with Crippen molar-refractivity contribution in [1.29, 1.82) is 0 Å². The lowest BCUT2D eigenvalue weighted by molar-refractivity contribution is -0.137. The normalized spacial score (nSPS) is 17.0. The van der Waals surface area contributed by atoms with Gasteiger partial charge < -0.3 is 9.80 Å². The molecule has 0 saturated carbocycles. The van der Waals surface area contributed by atoms with E-state index in [4.69, 9.17) is 0 Å². The van der Waals surface area contributed by atoms with Crippen molar-refractivity contribution in [2.24, 2.45) is 5.92 Å². The number of rotatable bonds is 6. The van der Waals surface area contributed by atoms with Crippen LogP contribution in [-0.4, -0.2) is 33.9 Å². The molecule has 4 heterocycles. The van der Waals surface area contributed by atoms with Gasteiger partial charge in [0.1, 0.15) is 5.82 Å². The average molecular weight is 399 g/mol. The van der Waals surface area contributed by atoms with Gasteiger partial charge in [-0.25, -0.2) is 4.98 Å². The summed E-state index contributed by atoms with van der Waals surface area (Å²) in [5.41, 5.74) is 0. The van der Waals surface area contributed by atoms with Crippen LogP contribution in [0.2, 0.25) is 0 Å². The monoisotopic (exact) mass is 398 g/mol. The van der Waals surface area contributed by atoms with Crippen molar-refractivity contribution in [3.05, 3.63) is 63.4 Å². The first-order chi connectivity index (χ1) is 13.3. The van der Waals surface area contributed by atoms with Gasteiger partial charge >= 0.3 is 0 Å². The van der Waals surface area contributed by atoms with E-state index in [0.717, 1.165) is 25.2 Å². The Labute approximate surface area is 167 Å². The number of hydrogen-bond acceptors (Lipinski definition) is 6. The van der Waals surface area contributed by atoms with E-state index in [1.54, 1.807) is 41.3 Å². The van der Waals surface area contributed by atoms with Gasteiger partial charge in [0.05, 0.1) is 25.2 Å². The lowest BCUT2D eigenvalue weighted by Gasteiger charge is -2.35. The number of nitrogens with zero attached hydrogens (tertiary/aromatic N) is 4. The Balaban J connectivity index is 1.49. The average Bonchev–Trinajstić information content (AvgIpc) is 3.42. The molecular weight excluding hydrogens is 376 g/mol. The van der Waals surface area contributed by atoms with E-state index >= 15 is 0 Å². The molecule has 5 nitrogen and oxygen atoms in total. The van der Waals surface area contributed by atoms with Crippen molar-refractivity contribution in [2.45, 2.75) is 25.9 Å². The molecule has 3 aromatic heterocycles. The minimum absolute atomic E-state index is 0.000630. The molecule has 0 unspecified atom stereocenters. The van der Waals surface area contributed by atoms with Crippen LogP contribution >= 0.6 is 22.7 Å². The molecule has 1 atom stereocenters. The highest BCUT2D eigenvalue weighted by molar-refractivity contribution is 7.10. The molecule has 3 aromatic rings. The van der Waals surface area contributed by atoms with Crippen molar-refractivity contribution < 1.29 is 4.79 Å². The zero-order chi connectivity index (χ0) is 18.5. The predicted molar refractivity (Wildman–Crippen MR) is 110 cm³/mol. The number of piperidine rings is 1. The van der Waals surface area contributed by atoms with Crippen LogP contribution in [0.4, 0.5) is 5.82 Å². The molecule has 140 valence electrons. The minimum atomic E-state index is 0.000630. The highest BCUT2D eigenvalue weighted by Crippen LogP contribution is 2.25. The van der Waals surface area contributed by atoms with Gasteiger partial charge in [0.15, 0.2) is 0 Å². The van der Waals surface area contributed by atoms with Gasteiger partial charge in [0, 0.05) is 35.2 Å². The molecule has 27 heavy (non-hydrogen) atoms. The minimum Gasteiger partial charge on any atom is -0.355 e. The maximum atomic E-state index is 13.4. The third-order valence-electron chi connectivity index (χ3n) is 4.81. The van der Waals surface area contributed by atoms with Crippen molar-refractivity contribution in [2.75, 3.05) is 18.0 Å². The second-order valence-electron chi connectivity index (χ2n) is 6.70. The Kier molecular flexibility index (Phi) is 5.79. The molecule has 1 amide bonds. The molecule has 0 radical (unpaired) electrons. The summed E-state index contributed by atoms with van der Waals surface area (Å²) in [4.78, 5) is 28.6. The number of amides is 1. The van der Waals surface area contributed by atoms with Crippen LogP contribution in [0.3, 0.4) is 0 Å². The van der Waals surface area contributed by atoms with Crippen LogP contribution in [0.25, 0.3) is 0 Å². The summed E-state index contributed by atoms with van der Waals surface area (Å²) in [6.07, 6.45) is 7.10. The van der Waals surface area contributed by atoms with Gasteiger partial charge in [-0.1, -0.05) is 12.1 Å². The molecule has 4 rings (SSSR count). The van der Waals surface area contributed by atoms with Gasteiger partial charge in [-0.2, -0.15) is 0 Å². The number of thiophene rings is 2. The molecular formula is C20H22N4OS2. The second-order valence-corrected chi connectivity index (χ2v) is 8.77. The molecule has 1 aliphatic heterocycles. The second kappa shape index (κ2) is 8.63. The van der Waals surface area contributed by atoms with Crippen LogP contribution in [0.5, 0.6) is 0 Å². The highest BCUT2D eigenvalue weighted by atomic mass is 32.1. The summed E-state index contributed by atoms with van der Waals surface area (Å²) in [6, 6.07) is 8.30. The maximum absolute atomic E-state index is 13.4. The van der Waals surface area contributed by atoms with E-state index in [2.05, 4.69) is 37.8 Å². The third-order valence-corrected chi connectivity index (χ3v) is 6.53. The number of hydrogen-bond donors (Lipinski definition) is 0. The third kappa shape index (κ3) is 4.54. The molecule has 0 aliphatic carbocycles. The van der Waals surface area contributed by atoms with E-state index in [1.165, 1.54) is 9.75 Å². The quantitative estimate of drug-likeness (QED) is 0.629. The van der Waals surface area contributed by atoms with Gasteiger partial charge in [-0.15, -0.1) is 22.7 Å². The fraction of sp³-hybridized carbons (Fsp3) is 0.350. The van der Waals surface area contributed by atoms with Crippen LogP contribution in [0.15, 0.2) is 53.6 Å². The Hall–Kier alpha value is -2.25. The van der Waals surface area contributed by atoms with Crippen molar-refractivity contribution in [3.63, 3.8) is 0 Å². The summed E-state index contributed by atoms with van der Waals surface area (Å²) in [7, 11) is 0. The van der Waals surface area contributed by atoms with Crippen molar-refractivity contribution in [3.8, 4) is 0 Å². The molecule has 1 aliphatic rings. The SMILES string of the molecule is O=C([C@H]1CCCN(c2cnccn2)C1)N(Cc1cccs1)Cc1cccs1. The van der Waals surface area contributed by atoms with E-state index < -0.39 is 0 Å². The Morgan fingerprint density at radius 3 is 2.48 bits per heavy atom. The Bertz CT molecular complexity index is 800. The Morgan fingerprint density at radius 1 is 1.15 bits per heavy atom. The standard InChI is InChI=1S/C20H22N4OS2/c25-20(16-4-1-9-23(13-16)19-12-21-7-8-22-19)24(14-17-5-2-10-26-17)15-18-6-3-11-27-18/h2-3,5-8,10-12,16H,1,4,9,13-15H2/t16-/m0/s1. The Morgan fingerprint density at radius 2 is 1.89 bits per heavy atom. The first-order valence-electron chi connectivity index (χ1n) is 9.14. The van der Waals surface area contributed by atoms with Crippen LogP contribution in [0.1, 0.15) is 22.6 Å². The van der Waals surface area contributed by atoms with Crippen LogP contribution in [-0.2, 0) is 17.9 Å². The molecule has 1 saturated heterocycles. The van der Waals surface area contributed by atoms with Gasteiger partial charge in [0.2, 0.25) is 5.91 Å². The first kappa shape index (κ1) is 18.1. The van der Waals surface area contributed by atoms with Crippen molar-refractivity contribution >= 4 is 34.4 Å². The molecule has 0 aromatic carbocycles. The van der Waals surface area contributed by atoms with Gasteiger partial charge in [0.25, 0.3) is 0 Å². The van der Waals surface area contributed by atoms with Crippen molar-refractivity contribution in [1.82, 2.24) is 14.9 Å². The zero-order valence-electron chi connectivity index (χ0n) is 15.0. The van der Waals surface area contributed by atoms with Gasteiger partial charge in [-0.05, 0) is 35.7 Å². The number of carbonyl (C=O) groups is 1. The summed E-state index contributed by atoms with van der Waals surface area (Å²) < 4.78 is 0. The van der Waals surface area contributed by atoms with Crippen LogP contribution in [0, 0.1) is 5.92 Å². The summed E-state index contributed by atoms with van der Waals surface area (Å²) in [6.45, 7) is 2.99. The van der Waals surface area contributed by atoms with E-state index in [-0.39, 0.29) is 11.8 Å². The predicted octanol–water partition coefficient (Wildman–Crippen LogP) is 4.05. The summed E-state index contributed by atoms with van der Waals surface area (Å²) in [5.74, 6) is 1.10. The lowest BCUT2D eigenvalue weighted by Crippen LogP contribution is -2.44. The molecule has 0 N–H and O–H groups in total. The number of anilines is 1.